The topological polar surface area (TPSA) is 48.4 Å². The highest BCUT2D eigenvalue weighted by Crippen LogP contribution is 2.36. The smallest absolute Gasteiger partial charge is 0.361 e. The van der Waals surface area contributed by atoms with Gasteiger partial charge in [0.1, 0.15) is 11.5 Å². The molecule has 2 heterocycles. The van der Waals surface area contributed by atoms with Crippen molar-refractivity contribution in [3.63, 3.8) is 0 Å². The van der Waals surface area contributed by atoms with Crippen LogP contribution in [0.5, 0.6) is 0 Å². The maximum atomic E-state index is 13.8. The highest BCUT2D eigenvalue weighted by molar-refractivity contribution is 6.31. The quantitative estimate of drug-likeness (QED) is 0.590. The Hall–Kier alpha value is -2.16. The molecular weight excluding hydrogens is 386 g/mol. The van der Waals surface area contributed by atoms with E-state index in [1.165, 1.54) is 24.4 Å². The lowest BCUT2D eigenvalue weighted by Gasteiger charge is -2.31. The van der Waals surface area contributed by atoms with Crippen LogP contribution in [0, 0.1) is 5.82 Å². The van der Waals surface area contributed by atoms with Gasteiger partial charge in [-0.15, -0.1) is 0 Å². The van der Waals surface area contributed by atoms with Crippen LogP contribution in [0.3, 0.4) is 0 Å². The number of aliphatic hydroxyl groups excluding tert-OH is 1. The summed E-state index contributed by atoms with van der Waals surface area (Å²) in [5, 5.41) is 12.5. The molecule has 2 N–H and O–H groups in total. The molecule has 0 saturated heterocycles. The number of pyridine rings is 1. The van der Waals surface area contributed by atoms with E-state index in [0.717, 1.165) is 17.7 Å². The van der Waals surface area contributed by atoms with E-state index in [2.05, 4.69) is 10.3 Å². The van der Waals surface area contributed by atoms with Crippen molar-refractivity contribution in [1.29, 1.82) is 0 Å². The minimum absolute atomic E-state index is 0.256. The summed E-state index contributed by atoms with van der Waals surface area (Å²) in [6.07, 6.45) is -1.93. The van der Waals surface area contributed by atoms with Gasteiger partial charge in [-0.25, -0.2) is 4.39 Å². The van der Waals surface area contributed by atoms with E-state index >= 15 is 0 Å². The lowest BCUT2D eigenvalue weighted by atomic mass is 10.0. The fourth-order valence-electron chi connectivity index (χ4n) is 2.82. The Bertz CT molecular complexity index is 857. The van der Waals surface area contributed by atoms with E-state index in [1.807, 2.05) is 0 Å². The number of aliphatic hydroxyl groups is 1. The molecule has 9 heteroatoms. The SMILES string of the molecule is OC(Nc1ccc(C(F)(F)F)c(Cl)c1)N1CC=C(c2ncccc2F)CC1. The van der Waals surface area contributed by atoms with E-state index in [0.29, 0.717) is 19.5 Å². The van der Waals surface area contributed by atoms with Gasteiger partial charge >= 0.3 is 6.18 Å². The molecule has 1 aromatic heterocycles. The molecule has 27 heavy (non-hydrogen) atoms. The zero-order valence-corrected chi connectivity index (χ0v) is 14.7. The van der Waals surface area contributed by atoms with Gasteiger partial charge in [0.15, 0.2) is 6.35 Å². The van der Waals surface area contributed by atoms with Gasteiger partial charge in [0, 0.05) is 25.0 Å². The van der Waals surface area contributed by atoms with Gasteiger partial charge < -0.3 is 10.4 Å². The summed E-state index contributed by atoms with van der Waals surface area (Å²) in [6.45, 7) is 0.748. The zero-order chi connectivity index (χ0) is 19.6. The van der Waals surface area contributed by atoms with Crippen molar-refractivity contribution in [2.75, 3.05) is 18.4 Å². The van der Waals surface area contributed by atoms with E-state index in [1.54, 1.807) is 11.0 Å². The second-order valence-electron chi connectivity index (χ2n) is 6.02. The third-order valence-electron chi connectivity index (χ3n) is 4.22. The summed E-state index contributed by atoms with van der Waals surface area (Å²) in [5.74, 6) is -0.407. The van der Waals surface area contributed by atoms with Gasteiger partial charge in [-0.05, 0) is 42.3 Å². The summed E-state index contributed by atoms with van der Waals surface area (Å²) in [4.78, 5) is 5.68. The lowest BCUT2D eigenvalue weighted by molar-refractivity contribution is -0.137. The number of hydrogen-bond donors (Lipinski definition) is 2. The molecule has 144 valence electrons. The van der Waals surface area contributed by atoms with Crippen molar-refractivity contribution in [3.05, 3.63) is 64.7 Å². The van der Waals surface area contributed by atoms with Crippen LogP contribution in [0.25, 0.3) is 5.57 Å². The van der Waals surface area contributed by atoms with Gasteiger partial charge in [-0.1, -0.05) is 17.7 Å². The number of benzene rings is 1. The second-order valence-corrected chi connectivity index (χ2v) is 6.43. The van der Waals surface area contributed by atoms with Crippen molar-refractivity contribution in [1.82, 2.24) is 9.88 Å². The normalized spacial score (nSPS) is 16.7. The highest BCUT2D eigenvalue weighted by Gasteiger charge is 2.33. The molecule has 0 fully saturated rings. The van der Waals surface area contributed by atoms with Crippen LogP contribution in [-0.2, 0) is 6.18 Å². The van der Waals surface area contributed by atoms with Gasteiger partial charge in [0.25, 0.3) is 0 Å². The average molecular weight is 402 g/mol. The maximum absolute atomic E-state index is 13.8. The fraction of sp³-hybridized carbons (Fsp3) is 0.278. The Labute approximate surface area is 158 Å². The summed E-state index contributed by atoms with van der Waals surface area (Å²) >= 11 is 5.68. The number of hydrogen-bond acceptors (Lipinski definition) is 4. The molecule has 0 radical (unpaired) electrons. The van der Waals surface area contributed by atoms with Crippen molar-refractivity contribution in [3.8, 4) is 0 Å². The molecule has 1 aliphatic rings. The van der Waals surface area contributed by atoms with Crippen LogP contribution in [0.4, 0.5) is 23.2 Å². The minimum atomic E-state index is -4.54. The van der Waals surface area contributed by atoms with Crippen LogP contribution in [0.15, 0.2) is 42.6 Å². The van der Waals surface area contributed by atoms with Crippen LogP contribution >= 0.6 is 11.6 Å². The van der Waals surface area contributed by atoms with Crippen LogP contribution in [-0.4, -0.2) is 34.4 Å². The molecule has 0 spiro atoms. The van der Waals surface area contributed by atoms with E-state index in [-0.39, 0.29) is 11.4 Å². The van der Waals surface area contributed by atoms with E-state index in [9.17, 15) is 22.7 Å². The molecular formula is C18H16ClF4N3O. The molecule has 1 atom stereocenters. The predicted molar refractivity (Wildman–Crippen MR) is 94.4 cm³/mol. The average Bonchev–Trinajstić information content (AvgIpc) is 2.61. The van der Waals surface area contributed by atoms with Crippen LogP contribution in [0.2, 0.25) is 5.02 Å². The molecule has 0 bridgehead atoms. The standard InChI is InChI=1S/C18H16ClF4N3O/c19-14-10-12(3-4-13(14)18(21,22)23)25-17(27)26-8-5-11(6-9-26)16-15(20)2-1-7-24-16/h1-5,7,10,17,25,27H,6,8-9H2. The third-order valence-corrected chi connectivity index (χ3v) is 4.53. The monoisotopic (exact) mass is 401 g/mol. The largest absolute Gasteiger partial charge is 0.417 e. The Kier molecular flexibility index (Phi) is 5.69. The van der Waals surface area contributed by atoms with E-state index in [4.69, 9.17) is 11.6 Å². The van der Waals surface area contributed by atoms with E-state index < -0.39 is 28.9 Å². The summed E-state index contributed by atoms with van der Waals surface area (Å²) in [6, 6.07) is 6.02. The van der Waals surface area contributed by atoms with Gasteiger partial charge in [-0.3, -0.25) is 9.88 Å². The van der Waals surface area contributed by atoms with Crippen molar-refractivity contribution in [2.45, 2.75) is 18.9 Å². The van der Waals surface area contributed by atoms with Gasteiger partial charge in [0.05, 0.1) is 10.6 Å². The molecule has 2 aromatic rings. The first-order valence-electron chi connectivity index (χ1n) is 8.11. The lowest BCUT2D eigenvalue weighted by Crippen LogP contribution is -2.43. The van der Waals surface area contributed by atoms with Crippen molar-refractivity contribution < 1.29 is 22.7 Å². The van der Waals surface area contributed by atoms with Crippen LogP contribution in [0.1, 0.15) is 17.7 Å². The molecule has 1 unspecified atom stereocenters. The number of nitrogens with zero attached hydrogens (tertiary/aromatic N) is 2. The first kappa shape index (κ1) is 19.6. The molecule has 0 saturated carbocycles. The summed E-state index contributed by atoms with van der Waals surface area (Å²) in [7, 11) is 0. The molecule has 0 amide bonds. The fourth-order valence-corrected chi connectivity index (χ4v) is 3.11. The Morgan fingerprint density at radius 3 is 2.63 bits per heavy atom. The summed E-state index contributed by atoms with van der Waals surface area (Å²) in [5.41, 5.74) is 0.349. The maximum Gasteiger partial charge on any atom is 0.417 e. The Morgan fingerprint density at radius 1 is 1.26 bits per heavy atom. The number of alkyl halides is 3. The molecule has 1 aliphatic heterocycles. The van der Waals surface area contributed by atoms with Crippen molar-refractivity contribution >= 4 is 22.9 Å². The molecule has 3 rings (SSSR count). The Morgan fingerprint density at radius 2 is 2.04 bits per heavy atom. The van der Waals surface area contributed by atoms with Gasteiger partial charge in [-0.2, -0.15) is 13.2 Å². The number of nitrogens with one attached hydrogen (secondary N) is 1. The van der Waals surface area contributed by atoms with Crippen LogP contribution < -0.4 is 5.32 Å². The number of halogens is 5. The summed E-state index contributed by atoms with van der Waals surface area (Å²) < 4.78 is 52.0. The highest BCUT2D eigenvalue weighted by atomic mass is 35.5. The molecule has 0 aliphatic carbocycles. The van der Waals surface area contributed by atoms with Gasteiger partial charge in [0.2, 0.25) is 0 Å². The Balaban J connectivity index is 1.65. The molecule has 4 nitrogen and oxygen atoms in total. The first-order chi connectivity index (χ1) is 12.8. The second kappa shape index (κ2) is 7.84. The zero-order valence-electron chi connectivity index (χ0n) is 14.0. The molecule has 1 aromatic carbocycles. The third kappa shape index (κ3) is 4.58. The number of rotatable bonds is 4. The van der Waals surface area contributed by atoms with Crippen molar-refractivity contribution in [2.24, 2.45) is 0 Å². The first-order valence-corrected chi connectivity index (χ1v) is 8.49. The number of aromatic nitrogens is 1. The minimum Gasteiger partial charge on any atom is -0.361 e. The number of anilines is 1. The predicted octanol–water partition coefficient (Wildman–Crippen LogP) is 4.37.